The second kappa shape index (κ2) is 6.83. The summed E-state index contributed by atoms with van der Waals surface area (Å²) in [6, 6.07) is 13.0. The first kappa shape index (κ1) is 16.2. The van der Waals surface area contributed by atoms with Gasteiger partial charge in [-0.05, 0) is 31.2 Å². The Labute approximate surface area is 141 Å². The average molecular weight is 327 g/mol. The van der Waals surface area contributed by atoms with Crippen LogP contribution in [0.3, 0.4) is 0 Å². The zero-order valence-corrected chi connectivity index (χ0v) is 14.1. The number of methoxy groups -OCH3 is 2. The molecule has 3 rings (SSSR count). The summed E-state index contributed by atoms with van der Waals surface area (Å²) in [7, 11) is 3.13. The number of carbonyl (C=O) groups is 1. The first-order chi connectivity index (χ1) is 11.7. The van der Waals surface area contributed by atoms with E-state index >= 15 is 0 Å². The van der Waals surface area contributed by atoms with E-state index in [1.807, 2.05) is 36.1 Å². The van der Waals surface area contributed by atoms with Gasteiger partial charge in [0.1, 0.15) is 12.4 Å². The van der Waals surface area contributed by atoms with Crippen molar-refractivity contribution in [2.75, 3.05) is 27.4 Å². The lowest BCUT2D eigenvalue weighted by molar-refractivity contribution is 0.0681. The van der Waals surface area contributed by atoms with E-state index in [1.54, 1.807) is 32.4 Å². The van der Waals surface area contributed by atoms with Gasteiger partial charge in [0.15, 0.2) is 11.5 Å². The molecule has 0 N–H and O–H groups in total. The SMILES string of the molecule is COc1ccc(C(=O)N2CCOc3ccccc3C2C)cc1OC. The van der Waals surface area contributed by atoms with Gasteiger partial charge in [-0.15, -0.1) is 0 Å². The number of amides is 1. The van der Waals surface area contributed by atoms with Crippen LogP contribution in [0.2, 0.25) is 0 Å². The van der Waals surface area contributed by atoms with Gasteiger partial charge >= 0.3 is 0 Å². The minimum atomic E-state index is -0.0655. The molecule has 1 aliphatic rings. The number of para-hydroxylation sites is 1. The molecule has 0 radical (unpaired) electrons. The Morgan fingerprint density at radius 2 is 1.88 bits per heavy atom. The molecular weight excluding hydrogens is 306 g/mol. The number of ether oxygens (including phenoxy) is 3. The van der Waals surface area contributed by atoms with Crippen molar-refractivity contribution in [1.82, 2.24) is 4.90 Å². The predicted molar refractivity (Wildman–Crippen MR) is 90.9 cm³/mol. The van der Waals surface area contributed by atoms with Crippen molar-refractivity contribution in [1.29, 1.82) is 0 Å². The van der Waals surface area contributed by atoms with Crippen molar-refractivity contribution < 1.29 is 19.0 Å². The van der Waals surface area contributed by atoms with Crippen molar-refractivity contribution in [2.24, 2.45) is 0 Å². The molecule has 5 nitrogen and oxygen atoms in total. The number of hydrogen-bond acceptors (Lipinski definition) is 4. The van der Waals surface area contributed by atoms with Gasteiger partial charge < -0.3 is 19.1 Å². The van der Waals surface area contributed by atoms with Gasteiger partial charge in [0.2, 0.25) is 0 Å². The Hall–Kier alpha value is -2.69. The van der Waals surface area contributed by atoms with E-state index in [2.05, 4.69) is 0 Å². The molecule has 0 saturated heterocycles. The predicted octanol–water partition coefficient (Wildman–Crippen LogP) is 3.30. The molecule has 0 aromatic heterocycles. The number of benzene rings is 2. The van der Waals surface area contributed by atoms with Crippen LogP contribution >= 0.6 is 0 Å². The third-order valence-corrected chi connectivity index (χ3v) is 4.32. The van der Waals surface area contributed by atoms with Crippen LogP contribution in [0.5, 0.6) is 17.2 Å². The number of rotatable bonds is 3. The van der Waals surface area contributed by atoms with E-state index in [0.29, 0.717) is 30.2 Å². The van der Waals surface area contributed by atoms with E-state index in [0.717, 1.165) is 11.3 Å². The first-order valence-electron chi connectivity index (χ1n) is 7.90. The van der Waals surface area contributed by atoms with E-state index in [4.69, 9.17) is 14.2 Å². The number of hydrogen-bond donors (Lipinski definition) is 0. The van der Waals surface area contributed by atoms with Crippen LogP contribution < -0.4 is 14.2 Å². The molecule has 2 aromatic carbocycles. The van der Waals surface area contributed by atoms with Crippen molar-refractivity contribution in [3.8, 4) is 17.2 Å². The van der Waals surface area contributed by atoms with E-state index < -0.39 is 0 Å². The molecule has 1 atom stereocenters. The fourth-order valence-corrected chi connectivity index (χ4v) is 2.99. The normalized spacial score (nSPS) is 16.6. The van der Waals surface area contributed by atoms with Crippen LogP contribution in [-0.4, -0.2) is 38.2 Å². The molecule has 5 heteroatoms. The Bertz CT molecular complexity index is 744. The monoisotopic (exact) mass is 327 g/mol. The Kier molecular flexibility index (Phi) is 4.60. The molecule has 1 amide bonds. The van der Waals surface area contributed by atoms with Crippen LogP contribution in [0.15, 0.2) is 42.5 Å². The molecule has 1 heterocycles. The smallest absolute Gasteiger partial charge is 0.254 e. The molecular formula is C19H21NO4. The maximum absolute atomic E-state index is 13.0. The van der Waals surface area contributed by atoms with Crippen LogP contribution in [0, 0.1) is 0 Å². The molecule has 24 heavy (non-hydrogen) atoms. The van der Waals surface area contributed by atoms with E-state index in [1.165, 1.54) is 0 Å². The molecule has 1 unspecified atom stereocenters. The molecule has 0 spiro atoms. The van der Waals surface area contributed by atoms with Gasteiger partial charge in [-0.3, -0.25) is 4.79 Å². The zero-order valence-electron chi connectivity index (χ0n) is 14.1. The van der Waals surface area contributed by atoms with Crippen LogP contribution in [-0.2, 0) is 0 Å². The summed E-state index contributed by atoms with van der Waals surface area (Å²) >= 11 is 0. The van der Waals surface area contributed by atoms with Gasteiger partial charge in [0.25, 0.3) is 5.91 Å². The van der Waals surface area contributed by atoms with Crippen LogP contribution in [0.1, 0.15) is 28.9 Å². The maximum atomic E-state index is 13.0. The largest absolute Gasteiger partial charge is 0.493 e. The number of carbonyl (C=O) groups excluding carboxylic acids is 1. The van der Waals surface area contributed by atoms with Crippen LogP contribution in [0.4, 0.5) is 0 Å². The second-order valence-corrected chi connectivity index (χ2v) is 5.63. The molecule has 0 aliphatic carbocycles. The third-order valence-electron chi connectivity index (χ3n) is 4.32. The molecule has 0 fully saturated rings. The Morgan fingerprint density at radius 1 is 1.12 bits per heavy atom. The highest BCUT2D eigenvalue weighted by atomic mass is 16.5. The van der Waals surface area contributed by atoms with Gasteiger partial charge in [-0.1, -0.05) is 18.2 Å². The molecule has 0 saturated carbocycles. The van der Waals surface area contributed by atoms with Crippen molar-refractivity contribution in [3.05, 3.63) is 53.6 Å². The lowest BCUT2D eigenvalue weighted by atomic mass is 10.0. The number of nitrogens with zero attached hydrogens (tertiary/aromatic N) is 1. The van der Waals surface area contributed by atoms with Crippen molar-refractivity contribution in [2.45, 2.75) is 13.0 Å². The fourth-order valence-electron chi connectivity index (χ4n) is 2.99. The van der Waals surface area contributed by atoms with Gasteiger partial charge in [0.05, 0.1) is 26.8 Å². The summed E-state index contributed by atoms with van der Waals surface area (Å²) < 4.78 is 16.3. The lowest BCUT2D eigenvalue weighted by Gasteiger charge is -2.27. The fraction of sp³-hybridized carbons (Fsp3) is 0.316. The number of fused-ring (bicyclic) bond motifs is 1. The highest BCUT2D eigenvalue weighted by Gasteiger charge is 2.27. The quantitative estimate of drug-likeness (QED) is 0.868. The first-order valence-corrected chi connectivity index (χ1v) is 7.90. The minimum Gasteiger partial charge on any atom is -0.493 e. The third kappa shape index (κ3) is 2.89. The summed E-state index contributed by atoms with van der Waals surface area (Å²) in [6.45, 7) is 3.02. The Balaban J connectivity index is 1.92. The molecule has 0 bridgehead atoms. The highest BCUT2D eigenvalue weighted by Crippen LogP contribution is 2.33. The van der Waals surface area contributed by atoms with Crippen molar-refractivity contribution >= 4 is 5.91 Å². The second-order valence-electron chi connectivity index (χ2n) is 5.63. The van der Waals surface area contributed by atoms with Gasteiger partial charge in [-0.2, -0.15) is 0 Å². The zero-order chi connectivity index (χ0) is 17.1. The summed E-state index contributed by atoms with van der Waals surface area (Å²) in [5.41, 5.74) is 1.59. The lowest BCUT2D eigenvalue weighted by Crippen LogP contribution is -2.35. The maximum Gasteiger partial charge on any atom is 0.254 e. The summed E-state index contributed by atoms with van der Waals surface area (Å²) in [5, 5.41) is 0. The van der Waals surface area contributed by atoms with Gasteiger partial charge in [0, 0.05) is 11.1 Å². The average Bonchev–Trinajstić information content (AvgIpc) is 2.80. The van der Waals surface area contributed by atoms with E-state index in [9.17, 15) is 4.79 Å². The molecule has 126 valence electrons. The summed E-state index contributed by atoms with van der Waals surface area (Å²) in [5.74, 6) is 1.94. The highest BCUT2D eigenvalue weighted by molar-refractivity contribution is 5.95. The minimum absolute atomic E-state index is 0.0521. The van der Waals surface area contributed by atoms with E-state index in [-0.39, 0.29) is 11.9 Å². The summed E-state index contributed by atoms with van der Waals surface area (Å²) in [4.78, 5) is 14.8. The molecule has 2 aromatic rings. The Morgan fingerprint density at radius 3 is 2.62 bits per heavy atom. The standard InChI is InChI=1S/C19H21NO4/c1-13-15-6-4-5-7-16(15)24-11-10-20(13)19(21)14-8-9-17(22-2)18(12-14)23-3/h4-9,12-13H,10-11H2,1-3H3. The van der Waals surface area contributed by atoms with Crippen molar-refractivity contribution in [3.63, 3.8) is 0 Å². The topological polar surface area (TPSA) is 48.0 Å². The van der Waals surface area contributed by atoms with Gasteiger partial charge in [-0.25, -0.2) is 0 Å². The summed E-state index contributed by atoms with van der Waals surface area (Å²) in [6.07, 6.45) is 0. The van der Waals surface area contributed by atoms with Crippen LogP contribution in [0.25, 0.3) is 0 Å². The molecule has 1 aliphatic heterocycles.